The summed E-state index contributed by atoms with van der Waals surface area (Å²) in [7, 11) is 1.54. The van der Waals surface area contributed by atoms with E-state index in [0.29, 0.717) is 12.5 Å². The SMILES string of the molecule is CCN(CC)Cc1cccc(CNC(=NC)NCCC(F)(F)F)c1. The second kappa shape index (κ2) is 10.2. The van der Waals surface area contributed by atoms with Gasteiger partial charge < -0.3 is 10.6 Å². The lowest BCUT2D eigenvalue weighted by Crippen LogP contribution is -2.38. The van der Waals surface area contributed by atoms with E-state index in [0.717, 1.165) is 25.2 Å². The predicted molar refractivity (Wildman–Crippen MR) is 91.9 cm³/mol. The molecule has 0 heterocycles. The molecule has 0 aliphatic carbocycles. The van der Waals surface area contributed by atoms with Crippen LogP contribution in [0.25, 0.3) is 0 Å². The molecule has 0 spiro atoms. The summed E-state index contributed by atoms with van der Waals surface area (Å²) in [5, 5.41) is 5.71. The van der Waals surface area contributed by atoms with Crippen LogP contribution in [0.1, 0.15) is 31.4 Å². The largest absolute Gasteiger partial charge is 0.390 e. The van der Waals surface area contributed by atoms with E-state index in [4.69, 9.17) is 0 Å². The summed E-state index contributed by atoms with van der Waals surface area (Å²) in [4.78, 5) is 6.26. The van der Waals surface area contributed by atoms with Crippen molar-refractivity contribution in [1.82, 2.24) is 15.5 Å². The van der Waals surface area contributed by atoms with E-state index in [2.05, 4.69) is 46.5 Å². The zero-order valence-electron chi connectivity index (χ0n) is 14.6. The van der Waals surface area contributed by atoms with Crippen LogP contribution in [0.5, 0.6) is 0 Å². The standard InChI is InChI=1S/C17H27F3N4/c1-4-24(5-2)13-15-8-6-7-14(11-15)12-23-16(21-3)22-10-9-17(18,19)20/h6-8,11H,4-5,9-10,12-13H2,1-3H3,(H2,21,22,23). The molecule has 0 aliphatic heterocycles. The van der Waals surface area contributed by atoms with E-state index in [1.165, 1.54) is 5.56 Å². The van der Waals surface area contributed by atoms with Crippen molar-refractivity contribution in [2.24, 2.45) is 4.99 Å². The van der Waals surface area contributed by atoms with Crippen molar-refractivity contribution in [3.8, 4) is 0 Å². The predicted octanol–water partition coefficient (Wildman–Crippen LogP) is 3.15. The lowest BCUT2D eigenvalue weighted by molar-refractivity contribution is -0.132. The third-order valence-electron chi connectivity index (χ3n) is 3.68. The minimum absolute atomic E-state index is 0.189. The van der Waals surface area contributed by atoms with E-state index in [9.17, 15) is 13.2 Å². The fourth-order valence-corrected chi connectivity index (χ4v) is 2.27. The van der Waals surface area contributed by atoms with Gasteiger partial charge in [0.1, 0.15) is 0 Å². The average molecular weight is 344 g/mol. The van der Waals surface area contributed by atoms with Crippen LogP contribution >= 0.6 is 0 Å². The monoisotopic (exact) mass is 344 g/mol. The van der Waals surface area contributed by atoms with Crippen LogP contribution in [-0.4, -0.2) is 43.7 Å². The zero-order valence-corrected chi connectivity index (χ0v) is 14.6. The fourth-order valence-electron chi connectivity index (χ4n) is 2.27. The molecule has 0 aromatic heterocycles. The first-order chi connectivity index (χ1) is 11.4. The number of nitrogens with zero attached hydrogens (tertiary/aromatic N) is 2. The first kappa shape index (κ1) is 20.3. The van der Waals surface area contributed by atoms with Crippen LogP contribution in [0.3, 0.4) is 0 Å². The molecule has 1 aromatic carbocycles. The van der Waals surface area contributed by atoms with E-state index in [-0.39, 0.29) is 6.54 Å². The highest BCUT2D eigenvalue weighted by Crippen LogP contribution is 2.18. The number of nitrogens with one attached hydrogen (secondary N) is 2. The summed E-state index contributed by atoms with van der Waals surface area (Å²) in [5.41, 5.74) is 2.29. The Labute approximate surface area is 142 Å². The molecule has 24 heavy (non-hydrogen) atoms. The van der Waals surface area contributed by atoms with Gasteiger partial charge in [-0.15, -0.1) is 0 Å². The molecule has 136 valence electrons. The third-order valence-corrected chi connectivity index (χ3v) is 3.68. The first-order valence-corrected chi connectivity index (χ1v) is 8.19. The van der Waals surface area contributed by atoms with Crippen molar-refractivity contribution in [2.75, 3.05) is 26.7 Å². The first-order valence-electron chi connectivity index (χ1n) is 8.19. The Morgan fingerprint density at radius 3 is 2.38 bits per heavy atom. The lowest BCUT2D eigenvalue weighted by atomic mass is 10.1. The van der Waals surface area contributed by atoms with Crippen molar-refractivity contribution in [3.63, 3.8) is 0 Å². The number of aliphatic imine (C=N–C) groups is 1. The van der Waals surface area contributed by atoms with Gasteiger partial charge in [0.2, 0.25) is 0 Å². The van der Waals surface area contributed by atoms with Gasteiger partial charge in [-0.25, -0.2) is 0 Å². The maximum absolute atomic E-state index is 12.2. The number of hydrogen-bond donors (Lipinski definition) is 2. The second-order valence-corrected chi connectivity index (χ2v) is 5.50. The smallest absolute Gasteiger partial charge is 0.356 e. The van der Waals surface area contributed by atoms with E-state index >= 15 is 0 Å². The lowest BCUT2D eigenvalue weighted by Gasteiger charge is -2.18. The maximum atomic E-state index is 12.2. The highest BCUT2D eigenvalue weighted by Gasteiger charge is 2.26. The molecule has 7 heteroatoms. The summed E-state index contributed by atoms with van der Waals surface area (Å²) in [6.07, 6.45) is -5.04. The molecule has 1 rings (SSSR count). The summed E-state index contributed by atoms with van der Waals surface area (Å²) >= 11 is 0. The molecule has 0 atom stereocenters. The summed E-state index contributed by atoms with van der Waals surface area (Å²) in [6.45, 7) is 7.46. The third kappa shape index (κ3) is 8.19. The molecule has 0 radical (unpaired) electrons. The Morgan fingerprint density at radius 1 is 1.12 bits per heavy atom. The molecule has 2 N–H and O–H groups in total. The van der Waals surface area contributed by atoms with Crippen LogP contribution in [-0.2, 0) is 13.1 Å². The van der Waals surface area contributed by atoms with Crippen molar-refractivity contribution in [2.45, 2.75) is 39.5 Å². The number of hydrogen-bond acceptors (Lipinski definition) is 2. The summed E-state index contributed by atoms with van der Waals surface area (Å²) in [5.74, 6) is 0.369. The topological polar surface area (TPSA) is 39.7 Å². The van der Waals surface area contributed by atoms with Gasteiger partial charge in [-0.1, -0.05) is 38.1 Å². The Morgan fingerprint density at radius 2 is 1.79 bits per heavy atom. The molecule has 0 bridgehead atoms. The summed E-state index contributed by atoms with van der Waals surface area (Å²) < 4.78 is 36.5. The highest BCUT2D eigenvalue weighted by molar-refractivity contribution is 5.79. The molecule has 0 unspecified atom stereocenters. The van der Waals surface area contributed by atoms with Crippen molar-refractivity contribution in [3.05, 3.63) is 35.4 Å². The number of halogens is 3. The minimum atomic E-state index is -4.16. The van der Waals surface area contributed by atoms with Gasteiger partial charge in [0.15, 0.2) is 5.96 Å². The zero-order chi connectivity index (χ0) is 18.0. The van der Waals surface area contributed by atoms with Gasteiger partial charge in [-0.2, -0.15) is 13.2 Å². The van der Waals surface area contributed by atoms with Gasteiger partial charge in [-0.3, -0.25) is 9.89 Å². The summed E-state index contributed by atoms with van der Waals surface area (Å²) in [6, 6.07) is 8.17. The molecular formula is C17H27F3N4. The molecule has 0 saturated carbocycles. The van der Waals surface area contributed by atoms with Crippen molar-refractivity contribution >= 4 is 5.96 Å². The average Bonchev–Trinajstić information content (AvgIpc) is 2.55. The Balaban J connectivity index is 2.50. The van der Waals surface area contributed by atoms with Crippen molar-refractivity contribution in [1.29, 1.82) is 0 Å². The van der Waals surface area contributed by atoms with E-state index in [1.54, 1.807) is 7.05 Å². The highest BCUT2D eigenvalue weighted by atomic mass is 19.4. The molecule has 0 aliphatic rings. The van der Waals surface area contributed by atoms with Crippen LogP contribution in [0.4, 0.5) is 13.2 Å². The van der Waals surface area contributed by atoms with Gasteiger partial charge in [0, 0.05) is 26.7 Å². The fraction of sp³-hybridized carbons (Fsp3) is 0.588. The number of guanidine groups is 1. The maximum Gasteiger partial charge on any atom is 0.390 e. The molecule has 0 amide bonds. The van der Waals surface area contributed by atoms with Crippen LogP contribution in [0.2, 0.25) is 0 Å². The molecule has 1 aromatic rings. The Hall–Kier alpha value is -1.76. The molecular weight excluding hydrogens is 317 g/mol. The molecule has 4 nitrogen and oxygen atoms in total. The molecule has 0 fully saturated rings. The Bertz CT molecular complexity index is 511. The molecule has 0 saturated heterocycles. The van der Waals surface area contributed by atoms with Crippen LogP contribution in [0.15, 0.2) is 29.3 Å². The van der Waals surface area contributed by atoms with Gasteiger partial charge in [0.05, 0.1) is 6.42 Å². The van der Waals surface area contributed by atoms with Gasteiger partial charge in [-0.05, 0) is 24.2 Å². The van der Waals surface area contributed by atoms with Crippen molar-refractivity contribution < 1.29 is 13.2 Å². The minimum Gasteiger partial charge on any atom is -0.356 e. The van der Waals surface area contributed by atoms with Gasteiger partial charge in [0.25, 0.3) is 0 Å². The van der Waals surface area contributed by atoms with Crippen LogP contribution in [0, 0.1) is 0 Å². The Kier molecular flexibility index (Phi) is 8.60. The number of benzene rings is 1. The number of alkyl halides is 3. The van der Waals surface area contributed by atoms with E-state index < -0.39 is 12.6 Å². The van der Waals surface area contributed by atoms with E-state index in [1.807, 2.05) is 12.1 Å². The number of rotatable bonds is 8. The second-order valence-electron chi connectivity index (χ2n) is 5.50. The normalized spacial score (nSPS) is 12.5. The van der Waals surface area contributed by atoms with Crippen LogP contribution < -0.4 is 10.6 Å². The quantitative estimate of drug-likeness (QED) is 0.562. The van der Waals surface area contributed by atoms with Gasteiger partial charge >= 0.3 is 6.18 Å².